The lowest BCUT2D eigenvalue weighted by Gasteiger charge is -2.05. The van der Waals surface area contributed by atoms with Crippen molar-refractivity contribution in [2.24, 2.45) is 0 Å². The van der Waals surface area contributed by atoms with Gasteiger partial charge in [-0.15, -0.1) is 11.8 Å². The maximum absolute atomic E-state index is 13.7. The average molecular weight is 357 g/mol. The summed E-state index contributed by atoms with van der Waals surface area (Å²) in [6.07, 6.45) is 0. The van der Waals surface area contributed by atoms with Crippen molar-refractivity contribution < 1.29 is 13.6 Å². The third kappa shape index (κ3) is 3.46. The number of thioether (sulfide) groups is 1. The third-order valence-corrected chi connectivity index (χ3v) is 4.23. The Balaban J connectivity index is 2.11. The van der Waals surface area contributed by atoms with E-state index >= 15 is 0 Å². The van der Waals surface area contributed by atoms with Gasteiger partial charge in [0.2, 0.25) is 0 Å². The molecule has 0 aliphatic rings. The Kier molecular flexibility index (Phi) is 4.94. The molecule has 20 heavy (non-hydrogen) atoms. The van der Waals surface area contributed by atoms with Crippen LogP contribution in [0, 0.1) is 18.6 Å². The van der Waals surface area contributed by atoms with Crippen LogP contribution >= 0.6 is 27.7 Å². The zero-order chi connectivity index (χ0) is 14.7. The summed E-state index contributed by atoms with van der Waals surface area (Å²) in [5, 5.41) is 0. The Morgan fingerprint density at radius 1 is 1.20 bits per heavy atom. The maximum atomic E-state index is 13.7. The van der Waals surface area contributed by atoms with Crippen LogP contribution in [-0.4, -0.2) is 11.5 Å². The fraction of sp³-hybridized carbons (Fsp3) is 0.133. The van der Waals surface area contributed by atoms with Gasteiger partial charge in [-0.1, -0.05) is 28.1 Å². The predicted molar refractivity (Wildman–Crippen MR) is 80.3 cm³/mol. The molecule has 0 spiro atoms. The molecular formula is C15H11BrF2OS. The number of ketones is 1. The molecule has 0 aliphatic carbocycles. The summed E-state index contributed by atoms with van der Waals surface area (Å²) in [4.78, 5) is 12.8. The van der Waals surface area contributed by atoms with Crippen molar-refractivity contribution in [1.82, 2.24) is 0 Å². The lowest BCUT2D eigenvalue weighted by atomic mass is 10.1. The molecule has 0 unspecified atom stereocenters. The second-order valence-electron chi connectivity index (χ2n) is 4.23. The van der Waals surface area contributed by atoms with Gasteiger partial charge in [0.1, 0.15) is 0 Å². The summed E-state index contributed by atoms with van der Waals surface area (Å²) in [5.41, 5.74) is -0.00529. The molecular weight excluding hydrogens is 346 g/mol. The fourth-order valence-electron chi connectivity index (χ4n) is 1.64. The standard InChI is InChI=1S/C15H11BrF2OS/c1-9-5-6-12(15(18)14(9)17)13(19)8-20-11-4-2-3-10(16)7-11/h2-7H,8H2,1H3. The first-order valence-corrected chi connectivity index (χ1v) is 7.63. The molecule has 0 bridgehead atoms. The van der Waals surface area contributed by atoms with Crippen molar-refractivity contribution in [1.29, 1.82) is 0 Å². The molecule has 0 saturated carbocycles. The average Bonchev–Trinajstić information content (AvgIpc) is 2.42. The third-order valence-electron chi connectivity index (χ3n) is 2.74. The van der Waals surface area contributed by atoms with E-state index in [9.17, 15) is 13.6 Å². The molecule has 0 N–H and O–H groups in total. The van der Waals surface area contributed by atoms with Gasteiger partial charge in [-0.05, 0) is 36.8 Å². The fourth-order valence-corrected chi connectivity index (χ4v) is 3.03. The number of halogens is 3. The van der Waals surface area contributed by atoms with E-state index in [0.717, 1.165) is 9.37 Å². The van der Waals surface area contributed by atoms with Gasteiger partial charge < -0.3 is 0 Å². The second kappa shape index (κ2) is 6.50. The van der Waals surface area contributed by atoms with Crippen molar-refractivity contribution in [2.75, 3.05) is 5.75 Å². The lowest BCUT2D eigenvalue weighted by molar-refractivity contribution is 0.101. The van der Waals surface area contributed by atoms with Crippen molar-refractivity contribution in [3.63, 3.8) is 0 Å². The summed E-state index contributed by atoms with van der Waals surface area (Å²) in [5.74, 6) is -2.38. The number of carbonyl (C=O) groups is 1. The number of carbonyl (C=O) groups excluding carboxylic acids is 1. The Labute approximate surface area is 128 Å². The summed E-state index contributed by atoms with van der Waals surface area (Å²) in [7, 11) is 0. The minimum Gasteiger partial charge on any atom is -0.293 e. The number of benzene rings is 2. The molecule has 0 amide bonds. The van der Waals surface area contributed by atoms with E-state index < -0.39 is 17.4 Å². The molecule has 0 saturated heterocycles. The SMILES string of the molecule is Cc1ccc(C(=O)CSc2cccc(Br)c2)c(F)c1F. The van der Waals surface area contributed by atoms with E-state index in [1.54, 1.807) is 0 Å². The zero-order valence-electron chi connectivity index (χ0n) is 10.6. The Hall–Kier alpha value is -1.20. The van der Waals surface area contributed by atoms with Crippen molar-refractivity contribution in [2.45, 2.75) is 11.8 Å². The lowest BCUT2D eigenvalue weighted by Crippen LogP contribution is -2.07. The van der Waals surface area contributed by atoms with Gasteiger partial charge in [-0.25, -0.2) is 8.78 Å². The number of rotatable bonds is 4. The molecule has 0 fully saturated rings. The Morgan fingerprint density at radius 2 is 1.95 bits per heavy atom. The van der Waals surface area contributed by atoms with Crippen LogP contribution in [0.4, 0.5) is 8.78 Å². The molecule has 0 heterocycles. The van der Waals surface area contributed by atoms with Crippen LogP contribution in [0.15, 0.2) is 45.8 Å². The molecule has 104 valence electrons. The Morgan fingerprint density at radius 3 is 2.65 bits per heavy atom. The molecule has 0 atom stereocenters. The first kappa shape index (κ1) is 15.2. The van der Waals surface area contributed by atoms with Crippen LogP contribution in [-0.2, 0) is 0 Å². The van der Waals surface area contributed by atoms with Crippen LogP contribution in [0.25, 0.3) is 0 Å². The summed E-state index contributed by atoms with van der Waals surface area (Å²) < 4.78 is 28.0. The first-order valence-electron chi connectivity index (χ1n) is 5.85. The van der Waals surface area contributed by atoms with Gasteiger partial charge in [0.25, 0.3) is 0 Å². The summed E-state index contributed by atoms with van der Waals surface area (Å²) >= 11 is 4.62. The zero-order valence-corrected chi connectivity index (χ0v) is 13.0. The number of aryl methyl sites for hydroxylation is 1. The highest BCUT2D eigenvalue weighted by Crippen LogP contribution is 2.24. The van der Waals surface area contributed by atoms with Crippen molar-refractivity contribution >= 4 is 33.5 Å². The van der Waals surface area contributed by atoms with Gasteiger partial charge in [0, 0.05) is 9.37 Å². The number of Topliss-reactive ketones (excluding diaryl/α,β-unsaturated/α-hetero) is 1. The van der Waals surface area contributed by atoms with Crippen LogP contribution < -0.4 is 0 Å². The molecule has 5 heteroatoms. The molecule has 2 aromatic carbocycles. The van der Waals surface area contributed by atoms with Crippen LogP contribution in [0.3, 0.4) is 0 Å². The van der Waals surface area contributed by atoms with E-state index in [4.69, 9.17) is 0 Å². The van der Waals surface area contributed by atoms with Crippen LogP contribution in [0.2, 0.25) is 0 Å². The van der Waals surface area contributed by atoms with E-state index in [-0.39, 0.29) is 16.9 Å². The monoisotopic (exact) mass is 356 g/mol. The van der Waals surface area contributed by atoms with Crippen molar-refractivity contribution in [3.05, 3.63) is 63.6 Å². The second-order valence-corrected chi connectivity index (χ2v) is 6.19. The maximum Gasteiger partial charge on any atom is 0.176 e. The van der Waals surface area contributed by atoms with Gasteiger partial charge in [0.05, 0.1) is 11.3 Å². The molecule has 0 radical (unpaired) electrons. The van der Waals surface area contributed by atoms with Crippen LogP contribution in [0.5, 0.6) is 0 Å². The normalized spacial score (nSPS) is 10.6. The van der Waals surface area contributed by atoms with E-state index in [2.05, 4.69) is 15.9 Å². The van der Waals surface area contributed by atoms with E-state index in [1.165, 1.54) is 30.8 Å². The predicted octanol–water partition coefficient (Wildman–Crippen LogP) is 5.01. The minimum absolute atomic E-state index is 0.0654. The van der Waals surface area contributed by atoms with Gasteiger partial charge in [0.15, 0.2) is 17.4 Å². The molecule has 0 aliphatic heterocycles. The number of hydrogen-bond acceptors (Lipinski definition) is 2. The van der Waals surface area contributed by atoms with E-state index in [1.807, 2.05) is 24.3 Å². The van der Waals surface area contributed by atoms with Gasteiger partial charge >= 0.3 is 0 Å². The van der Waals surface area contributed by atoms with Gasteiger partial charge in [-0.3, -0.25) is 4.79 Å². The quantitative estimate of drug-likeness (QED) is 0.565. The van der Waals surface area contributed by atoms with Crippen LogP contribution in [0.1, 0.15) is 15.9 Å². The van der Waals surface area contributed by atoms with Crippen molar-refractivity contribution in [3.8, 4) is 0 Å². The Bertz CT molecular complexity index is 658. The van der Waals surface area contributed by atoms with E-state index in [0.29, 0.717) is 0 Å². The highest BCUT2D eigenvalue weighted by Gasteiger charge is 2.17. The minimum atomic E-state index is -1.06. The number of hydrogen-bond donors (Lipinski definition) is 0. The molecule has 0 aromatic heterocycles. The topological polar surface area (TPSA) is 17.1 Å². The highest BCUT2D eigenvalue weighted by molar-refractivity contribution is 9.10. The molecule has 2 rings (SSSR count). The molecule has 2 aromatic rings. The smallest absolute Gasteiger partial charge is 0.176 e. The first-order chi connectivity index (χ1) is 9.49. The largest absolute Gasteiger partial charge is 0.293 e. The summed E-state index contributed by atoms with van der Waals surface area (Å²) in [6, 6.07) is 10.2. The van der Waals surface area contributed by atoms with Gasteiger partial charge in [-0.2, -0.15) is 0 Å². The highest BCUT2D eigenvalue weighted by atomic mass is 79.9. The summed E-state index contributed by atoms with van der Waals surface area (Å²) in [6.45, 7) is 1.46. The molecule has 1 nitrogen and oxygen atoms in total.